The highest BCUT2D eigenvalue weighted by Gasteiger charge is 2.35. The molecule has 1 amide bonds. The van der Waals surface area contributed by atoms with Gasteiger partial charge in [0.2, 0.25) is 23.2 Å². The van der Waals surface area contributed by atoms with Gasteiger partial charge >= 0.3 is 0 Å². The van der Waals surface area contributed by atoms with Crippen molar-refractivity contribution in [2.75, 3.05) is 10.7 Å². The average molecular weight is 453 g/mol. The molecule has 0 fully saturated rings. The number of thioether (sulfide) groups is 1. The highest BCUT2D eigenvalue weighted by molar-refractivity contribution is 7.99. The van der Waals surface area contributed by atoms with Crippen molar-refractivity contribution in [1.29, 1.82) is 0 Å². The van der Waals surface area contributed by atoms with Crippen molar-refractivity contribution in [2.45, 2.75) is 51.4 Å². The number of ether oxygens (including phenoxy) is 1. The van der Waals surface area contributed by atoms with E-state index in [0.29, 0.717) is 22.1 Å². The number of rotatable bonds is 6. The van der Waals surface area contributed by atoms with Gasteiger partial charge in [0.25, 0.3) is 0 Å². The number of nitrogens with zero attached hydrogens (tertiary/aromatic N) is 4. The number of aromatic nitrogens is 3. The van der Waals surface area contributed by atoms with E-state index in [9.17, 15) is 9.18 Å². The van der Waals surface area contributed by atoms with Crippen molar-refractivity contribution < 1.29 is 13.9 Å². The Balaban J connectivity index is 1.90. The minimum absolute atomic E-state index is 0.233. The van der Waals surface area contributed by atoms with Crippen molar-refractivity contribution in [2.24, 2.45) is 0 Å². The van der Waals surface area contributed by atoms with Crippen LogP contribution in [0.25, 0.3) is 11.3 Å². The molecule has 0 saturated carbocycles. The lowest BCUT2D eigenvalue weighted by Crippen LogP contribution is -2.36. The van der Waals surface area contributed by atoms with Gasteiger partial charge in [-0.25, -0.2) is 4.39 Å². The molecule has 8 heteroatoms. The van der Waals surface area contributed by atoms with Gasteiger partial charge < -0.3 is 4.74 Å². The Morgan fingerprint density at radius 1 is 1.19 bits per heavy atom. The van der Waals surface area contributed by atoms with E-state index in [4.69, 9.17) is 4.74 Å². The van der Waals surface area contributed by atoms with E-state index in [2.05, 4.69) is 29.0 Å². The van der Waals surface area contributed by atoms with Gasteiger partial charge in [0.15, 0.2) is 5.69 Å². The predicted octanol–water partition coefficient (Wildman–Crippen LogP) is 5.58. The predicted molar refractivity (Wildman–Crippen MR) is 123 cm³/mol. The lowest BCUT2D eigenvalue weighted by atomic mass is 10.0. The molecular weight excluding hydrogens is 427 g/mol. The second-order valence-electron chi connectivity index (χ2n) is 7.57. The molecule has 4 rings (SSSR count). The van der Waals surface area contributed by atoms with E-state index in [0.717, 1.165) is 36.1 Å². The third-order valence-corrected chi connectivity index (χ3v) is 6.20. The van der Waals surface area contributed by atoms with Gasteiger partial charge in [-0.05, 0) is 42.7 Å². The largest absolute Gasteiger partial charge is 0.447 e. The molecule has 0 bridgehead atoms. The molecule has 1 aliphatic heterocycles. The molecule has 2 aromatic carbocycles. The summed E-state index contributed by atoms with van der Waals surface area (Å²) in [7, 11) is 0. The molecule has 0 saturated heterocycles. The molecule has 6 nitrogen and oxygen atoms in total. The van der Waals surface area contributed by atoms with E-state index in [-0.39, 0.29) is 11.8 Å². The summed E-state index contributed by atoms with van der Waals surface area (Å²) in [4.78, 5) is 19.0. The molecule has 3 aromatic rings. The second kappa shape index (κ2) is 9.65. The summed E-state index contributed by atoms with van der Waals surface area (Å²) in [6.07, 6.45) is 2.05. The molecule has 1 unspecified atom stereocenters. The van der Waals surface area contributed by atoms with Gasteiger partial charge in [0, 0.05) is 23.8 Å². The molecule has 1 atom stereocenters. The number of carbonyl (C=O) groups is 1. The molecule has 166 valence electrons. The van der Waals surface area contributed by atoms with Crippen molar-refractivity contribution >= 4 is 23.4 Å². The quantitative estimate of drug-likeness (QED) is 0.359. The molecule has 0 spiro atoms. The van der Waals surface area contributed by atoms with Crippen LogP contribution in [0.5, 0.6) is 5.88 Å². The topological polar surface area (TPSA) is 68.2 Å². The summed E-state index contributed by atoms with van der Waals surface area (Å²) >= 11 is 1.51. The van der Waals surface area contributed by atoms with Crippen LogP contribution in [0.15, 0.2) is 47.6 Å². The molecule has 0 radical (unpaired) electrons. The zero-order valence-corrected chi connectivity index (χ0v) is 19.2. The normalized spacial score (nSPS) is 14.9. The van der Waals surface area contributed by atoms with Crippen LogP contribution in [0.4, 0.5) is 10.1 Å². The van der Waals surface area contributed by atoms with Gasteiger partial charge in [-0.15, -0.1) is 10.2 Å². The molecule has 2 heterocycles. The Hall–Kier alpha value is -3.00. The number of anilines is 1. The molecule has 1 aliphatic rings. The van der Waals surface area contributed by atoms with Crippen LogP contribution in [0.2, 0.25) is 0 Å². The number of halogens is 1. The number of unbranched alkanes of at least 4 members (excludes halogenated alkanes) is 1. The van der Waals surface area contributed by atoms with E-state index in [1.165, 1.54) is 35.7 Å². The minimum Gasteiger partial charge on any atom is -0.447 e. The molecule has 0 N–H and O–H groups in total. The van der Waals surface area contributed by atoms with Gasteiger partial charge in [-0.1, -0.05) is 50.2 Å². The maximum atomic E-state index is 14.1. The van der Waals surface area contributed by atoms with Gasteiger partial charge in [0.05, 0.1) is 5.69 Å². The van der Waals surface area contributed by atoms with Crippen LogP contribution in [-0.4, -0.2) is 26.8 Å². The Morgan fingerprint density at radius 2 is 2.03 bits per heavy atom. The number of hydrogen-bond acceptors (Lipinski definition) is 6. The van der Waals surface area contributed by atoms with Gasteiger partial charge in [0.1, 0.15) is 5.82 Å². The van der Waals surface area contributed by atoms with Gasteiger partial charge in [-0.2, -0.15) is 4.98 Å². The number of hydrogen-bond donors (Lipinski definition) is 0. The summed E-state index contributed by atoms with van der Waals surface area (Å²) < 4.78 is 20.4. The fourth-order valence-corrected chi connectivity index (χ4v) is 4.48. The Bertz CT molecular complexity index is 1140. The van der Waals surface area contributed by atoms with Gasteiger partial charge in [-0.3, -0.25) is 9.69 Å². The van der Waals surface area contributed by atoms with Crippen LogP contribution in [0.1, 0.15) is 51.0 Å². The van der Waals surface area contributed by atoms with Crippen molar-refractivity contribution in [3.63, 3.8) is 0 Å². The fraction of sp³-hybridized carbons (Fsp3) is 0.333. The Labute approximate surface area is 191 Å². The number of amides is 1. The fourth-order valence-electron chi connectivity index (χ4n) is 3.62. The molecular formula is C24H25FN4O2S. The number of fused-ring (bicyclic) bond motifs is 3. The SMILES string of the molecule is CCCCSc1nnc2c(n1)OC(c1cccc(F)c1)N(C(C)=O)c1ccc(CC)cc1-2. The first-order valence-electron chi connectivity index (χ1n) is 10.7. The lowest BCUT2D eigenvalue weighted by Gasteiger charge is -2.30. The highest BCUT2D eigenvalue weighted by Crippen LogP contribution is 2.44. The first kappa shape index (κ1) is 22.2. The first-order chi connectivity index (χ1) is 15.5. The maximum Gasteiger partial charge on any atom is 0.247 e. The molecule has 0 aliphatic carbocycles. The highest BCUT2D eigenvalue weighted by atomic mass is 32.2. The summed E-state index contributed by atoms with van der Waals surface area (Å²) in [5.41, 5.74) is 3.42. The van der Waals surface area contributed by atoms with Crippen molar-refractivity contribution in [3.05, 3.63) is 59.4 Å². The van der Waals surface area contributed by atoms with Crippen LogP contribution in [0, 0.1) is 5.82 Å². The standard InChI is InChI=1S/C24H25FN4O2S/c1-4-6-12-32-24-26-22-21(27-28-24)19-13-16(5-2)10-11-20(19)29(15(3)30)23(31-22)17-8-7-9-18(25)14-17/h7-11,13-14,23H,4-6,12H2,1-3H3. The molecule has 1 aromatic heterocycles. The van der Waals surface area contributed by atoms with E-state index in [1.807, 2.05) is 18.2 Å². The minimum atomic E-state index is -0.888. The lowest BCUT2D eigenvalue weighted by molar-refractivity contribution is -0.118. The number of carbonyl (C=O) groups excluding carboxylic acids is 1. The van der Waals surface area contributed by atoms with Crippen LogP contribution < -0.4 is 9.64 Å². The third kappa shape index (κ3) is 4.46. The number of aryl methyl sites for hydroxylation is 1. The third-order valence-electron chi connectivity index (χ3n) is 5.28. The second-order valence-corrected chi connectivity index (χ2v) is 8.63. The average Bonchev–Trinajstić information content (AvgIpc) is 2.93. The summed E-state index contributed by atoms with van der Waals surface area (Å²) in [5, 5.41) is 9.26. The van der Waals surface area contributed by atoms with E-state index >= 15 is 0 Å². The van der Waals surface area contributed by atoms with E-state index < -0.39 is 12.0 Å². The van der Waals surface area contributed by atoms with Crippen LogP contribution in [0.3, 0.4) is 0 Å². The Morgan fingerprint density at radius 3 is 2.75 bits per heavy atom. The van der Waals surface area contributed by atoms with E-state index in [1.54, 1.807) is 12.1 Å². The zero-order chi connectivity index (χ0) is 22.7. The molecule has 32 heavy (non-hydrogen) atoms. The maximum absolute atomic E-state index is 14.1. The smallest absolute Gasteiger partial charge is 0.247 e. The van der Waals surface area contributed by atoms with Crippen molar-refractivity contribution in [3.8, 4) is 17.1 Å². The number of benzene rings is 2. The summed E-state index contributed by atoms with van der Waals surface area (Å²) in [6, 6.07) is 11.9. The first-order valence-corrected chi connectivity index (χ1v) is 11.7. The summed E-state index contributed by atoms with van der Waals surface area (Å²) in [6.45, 7) is 5.65. The Kier molecular flexibility index (Phi) is 6.69. The summed E-state index contributed by atoms with van der Waals surface area (Å²) in [5.74, 6) is 0.521. The van der Waals surface area contributed by atoms with Crippen LogP contribution in [-0.2, 0) is 11.2 Å². The van der Waals surface area contributed by atoms with Crippen molar-refractivity contribution in [1.82, 2.24) is 15.2 Å². The van der Waals surface area contributed by atoms with Crippen LogP contribution >= 0.6 is 11.8 Å². The zero-order valence-electron chi connectivity index (χ0n) is 18.3. The monoisotopic (exact) mass is 452 g/mol.